The summed E-state index contributed by atoms with van der Waals surface area (Å²) < 4.78 is 3.34. The zero-order valence-electron chi connectivity index (χ0n) is 16.6. The second kappa shape index (κ2) is 7.04. The summed E-state index contributed by atoms with van der Waals surface area (Å²) in [6, 6.07) is 12.4. The van der Waals surface area contributed by atoms with Crippen LogP contribution in [0.4, 0.5) is 0 Å². The van der Waals surface area contributed by atoms with E-state index in [1.165, 1.54) is 22.7 Å². The maximum atomic E-state index is 11.6. The number of hydrogen-bond acceptors (Lipinski definition) is 6. The van der Waals surface area contributed by atoms with Gasteiger partial charge in [0.1, 0.15) is 11.0 Å². The van der Waals surface area contributed by atoms with Crippen LogP contribution in [0.5, 0.6) is 0 Å². The summed E-state index contributed by atoms with van der Waals surface area (Å²) in [5.74, 6) is 0.467. The van der Waals surface area contributed by atoms with E-state index in [0.29, 0.717) is 5.92 Å². The first kappa shape index (κ1) is 17.9. The van der Waals surface area contributed by atoms with Crippen LogP contribution in [-0.2, 0) is 13.1 Å². The monoisotopic (exact) mass is 389 g/mol. The van der Waals surface area contributed by atoms with Crippen LogP contribution in [0.3, 0.4) is 0 Å². The molecular formula is C21H23N7O. The molecule has 2 aromatic carbocycles. The van der Waals surface area contributed by atoms with E-state index in [-0.39, 0.29) is 5.91 Å². The second-order valence-electron chi connectivity index (χ2n) is 8.00. The van der Waals surface area contributed by atoms with E-state index in [4.69, 9.17) is 0 Å². The van der Waals surface area contributed by atoms with Gasteiger partial charge in [-0.05, 0) is 61.1 Å². The van der Waals surface area contributed by atoms with Gasteiger partial charge in [0.25, 0.3) is 0 Å². The van der Waals surface area contributed by atoms with E-state index in [1.807, 2.05) is 10.7 Å². The molecule has 1 unspecified atom stereocenters. The highest BCUT2D eigenvalue weighted by molar-refractivity contribution is 5.87. The SMILES string of the molecule is CC(=O)n1nnc2cc(CC3CCN(Cn4nnc5cc(C)ccc54)C3)ccc21. The molecule has 1 aliphatic rings. The van der Waals surface area contributed by atoms with Crippen molar-refractivity contribution >= 4 is 28.0 Å². The summed E-state index contributed by atoms with van der Waals surface area (Å²) in [7, 11) is 0. The molecule has 1 saturated heterocycles. The lowest BCUT2D eigenvalue weighted by Gasteiger charge is -2.16. The fourth-order valence-corrected chi connectivity index (χ4v) is 4.25. The number of carbonyl (C=O) groups excluding carboxylic acids is 1. The van der Waals surface area contributed by atoms with Crippen LogP contribution in [0.1, 0.15) is 29.3 Å². The fraction of sp³-hybridized carbons (Fsp3) is 0.381. The third-order valence-corrected chi connectivity index (χ3v) is 5.71. The molecule has 1 aliphatic heterocycles. The highest BCUT2D eigenvalue weighted by atomic mass is 16.2. The van der Waals surface area contributed by atoms with Gasteiger partial charge in [0, 0.05) is 20.0 Å². The number of fused-ring (bicyclic) bond motifs is 2. The van der Waals surface area contributed by atoms with Gasteiger partial charge in [0.05, 0.1) is 17.7 Å². The lowest BCUT2D eigenvalue weighted by molar-refractivity contribution is 0.0924. The quantitative estimate of drug-likeness (QED) is 0.534. The number of carbonyl (C=O) groups is 1. The van der Waals surface area contributed by atoms with Crippen molar-refractivity contribution in [2.75, 3.05) is 13.1 Å². The zero-order valence-corrected chi connectivity index (χ0v) is 16.6. The Balaban J connectivity index is 1.26. The van der Waals surface area contributed by atoms with Gasteiger partial charge in [0.2, 0.25) is 5.91 Å². The minimum Gasteiger partial charge on any atom is -0.284 e. The van der Waals surface area contributed by atoms with Crippen molar-refractivity contribution in [3.8, 4) is 0 Å². The first-order valence-electron chi connectivity index (χ1n) is 9.94. The Labute approximate surface area is 168 Å². The van der Waals surface area contributed by atoms with Crippen LogP contribution in [0.15, 0.2) is 36.4 Å². The van der Waals surface area contributed by atoms with Gasteiger partial charge in [-0.1, -0.05) is 22.6 Å². The van der Waals surface area contributed by atoms with Gasteiger partial charge in [-0.25, -0.2) is 4.68 Å². The van der Waals surface area contributed by atoms with Crippen LogP contribution in [0.2, 0.25) is 0 Å². The molecule has 0 N–H and O–H groups in total. The number of aromatic nitrogens is 6. The van der Waals surface area contributed by atoms with Gasteiger partial charge < -0.3 is 0 Å². The van der Waals surface area contributed by atoms with E-state index >= 15 is 0 Å². The van der Waals surface area contributed by atoms with E-state index < -0.39 is 0 Å². The normalized spacial score (nSPS) is 17.5. The third kappa shape index (κ3) is 3.40. The van der Waals surface area contributed by atoms with E-state index in [2.05, 4.69) is 62.8 Å². The molecule has 8 nitrogen and oxygen atoms in total. The molecule has 1 fully saturated rings. The van der Waals surface area contributed by atoms with Crippen LogP contribution in [-0.4, -0.2) is 53.9 Å². The van der Waals surface area contributed by atoms with Crippen molar-refractivity contribution < 1.29 is 4.79 Å². The Hall–Kier alpha value is -3.13. The molecule has 0 radical (unpaired) electrons. The maximum absolute atomic E-state index is 11.6. The average Bonchev–Trinajstić information content (AvgIpc) is 3.40. The molecule has 0 spiro atoms. The summed E-state index contributed by atoms with van der Waals surface area (Å²) in [6.07, 6.45) is 2.15. The van der Waals surface area contributed by atoms with Gasteiger partial charge in [-0.2, -0.15) is 4.68 Å². The second-order valence-corrected chi connectivity index (χ2v) is 8.00. The number of nitrogens with zero attached hydrogens (tertiary/aromatic N) is 7. The molecule has 29 heavy (non-hydrogen) atoms. The molecule has 148 valence electrons. The van der Waals surface area contributed by atoms with Crippen molar-refractivity contribution in [3.05, 3.63) is 47.5 Å². The largest absolute Gasteiger partial charge is 0.284 e. The summed E-state index contributed by atoms with van der Waals surface area (Å²) in [6.45, 7) is 6.42. The van der Waals surface area contributed by atoms with Crippen molar-refractivity contribution in [1.82, 2.24) is 34.9 Å². The Bertz CT molecular complexity index is 1210. The molecule has 2 aromatic heterocycles. The minimum absolute atomic E-state index is 0.123. The smallest absolute Gasteiger partial charge is 0.245 e. The van der Waals surface area contributed by atoms with Gasteiger partial charge in [-0.15, -0.1) is 10.2 Å². The molecule has 0 saturated carbocycles. The Morgan fingerprint density at radius 2 is 1.86 bits per heavy atom. The van der Waals surface area contributed by atoms with Gasteiger partial charge in [-0.3, -0.25) is 9.69 Å². The summed E-state index contributed by atoms with van der Waals surface area (Å²) >= 11 is 0. The predicted octanol–water partition coefficient (Wildman–Crippen LogP) is 2.67. The van der Waals surface area contributed by atoms with Crippen LogP contribution >= 0.6 is 0 Å². The number of aryl methyl sites for hydroxylation is 1. The Morgan fingerprint density at radius 1 is 1.07 bits per heavy atom. The summed E-state index contributed by atoms with van der Waals surface area (Å²) in [5.41, 5.74) is 6.01. The van der Waals surface area contributed by atoms with Crippen molar-refractivity contribution in [3.63, 3.8) is 0 Å². The molecule has 1 atom stereocenters. The van der Waals surface area contributed by atoms with Gasteiger partial charge >= 0.3 is 0 Å². The molecule has 8 heteroatoms. The molecular weight excluding hydrogens is 366 g/mol. The maximum Gasteiger partial charge on any atom is 0.245 e. The topological polar surface area (TPSA) is 81.7 Å². The number of benzene rings is 2. The molecule has 3 heterocycles. The zero-order chi connectivity index (χ0) is 20.0. The molecule has 4 aromatic rings. The van der Waals surface area contributed by atoms with Crippen LogP contribution < -0.4 is 0 Å². The third-order valence-electron chi connectivity index (χ3n) is 5.71. The van der Waals surface area contributed by atoms with E-state index in [9.17, 15) is 4.79 Å². The number of rotatable bonds is 4. The van der Waals surface area contributed by atoms with E-state index in [0.717, 1.165) is 54.7 Å². The summed E-state index contributed by atoms with van der Waals surface area (Å²) in [4.78, 5) is 14.0. The highest BCUT2D eigenvalue weighted by Crippen LogP contribution is 2.24. The number of likely N-dealkylation sites (tertiary alicyclic amines) is 1. The number of hydrogen-bond donors (Lipinski definition) is 0. The van der Waals surface area contributed by atoms with Crippen LogP contribution in [0, 0.1) is 12.8 Å². The average molecular weight is 389 g/mol. The first-order chi connectivity index (χ1) is 14.1. The van der Waals surface area contributed by atoms with Crippen molar-refractivity contribution in [2.24, 2.45) is 5.92 Å². The molecule has 0 bridgehead atoms. The standard InChI is InChI=1S/C21H23N7O/c1-14-3-5-20-18(9-14)22-24-27(20)13-26-8-7-17(12-26)10-16-4-6-21-19(11-16)23-25-28(21)15(2)29/h3-6,9,11,17H,7-8,10,12-13H2,1-2H3. The lowest BCUT2D eigenvalue weighted by Crippen LogP contribution is -2.25. The molecule has 0 amide bonds. The van der Waals surface area contributed by atoms with Crippen LogP contribution in [0.25, 0.3) is 22.1 Å². The van der Waals surface area contributed by atoms with E-state index in [1.54, 1.807) is 0 Å². The predicted molar refractivity (Wildman–Crippen MR) is 109 cm³/mol. The fourth-order valence-electron chi connectivity index (χ4n) is 4.25. The first-order valence-corrected chi connectivity index (χ1v) is 9.94. The lowest BCUT2D eigenvalue weighted by atomic mass is 9.98. The van der Waals surface area contributed by atoms with Gasteiger partial charge in [0.15, 0.2) is 0 Å². The molecule has 0 aliphatic carbocycles. The Morgan fingerprint density at radius 3 is 2.72 bits per heavy atom. The van der Waals surface area contributed by atoms with Crippen molar-refractivity contribution in [1.29, 1.82) is 0 Å². The summed E-state index contributed by atoms with van der Waals surface area (Å²) in [5, 5.41) is 16.7. The highest BCUT2D eigenvalue weighted by Gasteiger charge is 2.24. The van der Waals surface area contributed by atoms with Crippen molar-refractivity contribution in [2.45, 2.75) is 33.4 Å². The Kier molecular flexibility index (Phi) is 4.35. The minimum atomic E-state index is -0.123. The molecule has 5 rings (SSSR count).